The molecule has 0 aliphatic carbocycles. The van der Waals surface area contributed by atoms with Crippen LogP contribution in [0, 0.1) is 5.92 Å². The zero-order valence-electron chi connectivity index (χ0n) is 15.5. The quantitative estimate of drug-likeness (QED) is 0.900. The van der Waals surface area contributed by atoms with Crippen molar-refractivity contribution in [1.29, 1.82) is 0 Å². The summed E-state index contributed by atoms with van der Waals surface area (Å²) < 4.78 is 0. The minimum absolute atomic E-state index is 0.0971. The van der Waals surface area contributed by atoms with Gasteiger partial charge in [0.2, 0.25) is 0 Å². The largest absolute Gasteiger partial charge is 0.333 e. The first-order valence-corrected chi connectivity index (χ1v) is 9.84. The van der Waals surface area contributed by atoms with E-state index in [1.807, 2.05) is 6.07 Å². The minimum Gasteiger partial charge on any atom is -0.333 e. The Morgan fingerprint density at radius 3 is 2.85 bits per heavy atom. The number of amides is 1. The van der Waals surface area contributed by atoms with Gasteiger partial charge in [-0.1, -0.05) is 43.7 Å². The fraction of sp³-hybridized carbons (Fsp3) is 0.524. The molecule has 2 aromatic rings. The van der Waals surface area contributed by atoms with Gasteiger partial charge in [-0.25, -0.2) is 0 Å². The van der Waals surface area contributed by atoms with Gasteiger partial charge in [-0.3, -0.25) is 14.8 Å². The number of aryl methyl sites for hydroxylation is 1. The molecule has 2 atom stereocenters. The predicted molar refractivity (Wildman–Crippen MR) is 102 cm³/mol. The number of nitrogens with one attached hydrogen (secondary N) is 1. The first-order valence-electron chi connectivity index (χ1n) is 9.84. The fourth-order valence-electron chi connectivity index (χ4n) is 4.41. The van der Waals surface area contributed by atoms with E-state index in [4.69, 9.17) is 0 Å². The molecule has 3 fully saturated rings. The third-order valence-electron chi connectivity index (χ3n) is 5.67. The molecule has 3 aliphatic heterocycles. The summed E-state index contributed by atoms with van der Waals surface area (Å²) >= 11 is 0. The van der Waals surface area contributed by atoms with Crippen LogP contribution in [0.4, 0.5) is 0 Å². The fourth-order valence-corrected chi connectivity index (χ4v) is 4.41. The van der Waals surface area contributed by atoms with E-state index in [1.54, 1.807) is 0 Å². The summed E-state index contributed by atoms with van der Waals surface area (Å²) in [6.07, 6.45) is 4.32. The van der Waals surface area contributed by atoms with Crippen molar-refractivity contribution in [1.82, 2.24) is 20.0 Å². The molecular formula is C21H28N4O. The average Bonchev–Trinajstić information content (AvgIpc) is 2.95. The molecular weight excluding hydrogens is 324 g/mol. The van der Waals surface area contributed by atoms with E-state index in [0.29, 0.717) is 17.7 Å². The smallest absolute Gasteiger partial charge is 0.274 e. The third kappa shape index (κ3) is 3.68. The Hall–Kier alpha value is -2.14. The lowest BCUT2D eigenvalue weighted by Gasteiger charge is -2.35. The van der Waals surface area contributed by atoms with Gasteiger partial charge in [-0.05, 0) is 36.8 Å². The van der Waals surface area contributed by atoms with E-state index in [0.717, 1.165) is 51.1 Å². The molecule has 0 saturated carbocycles. The molecule has 0 unspecified atom stereocenters. The van der Waals surface area contributed by atoms with Crippen molar-refractivity contribution < 1.29 is 4.79 Å². The van der Waals surface area contributed by atoms with Crippen LogP contribution >= 0.6 is 0 Å². The SMILES string of the molecule is CCCc1cc(C(=O)N2C[C@H]3CC[C@@H]2CN(Cc2ccccc2)C3)n[nH]1. The van der Waals surface area contributed by atoms with Crippen LogP contribution in [-0.4, -0.2) is 51.6 Å². The molecule has 0 radical (unpaired) electrons. The number of H-pyrrole nitrogens is 1. The highest BCUT2D eigenvalue weighted by Gasteiger charge is 2.38. The number of hydrogen-bond acceptors (Lipinski definition) is 3. The summed E-state index contributed by atoms with van der Waals surface area (Å²) in [6, 6.07) is 12.9. The van der Waals surface area contributed by atoms with Crippen LogP contribution in [0.3, 0.4) is 0 Å². The molecule has 5 rings (SSSR count). The Balaban J connectivity index is 1.46. The summed E-state index contributed by atoms with van der Waals surface area (Å²) in [7, 11) is 0. The number of carbonyl (C=O) groups excluding carboxylic acids is 1. The molecule has 1 aromatic heterocycles. The van der Waals surface area contributed by atoms with Crippen molar-refractivity contribution in [3.8, 4) is 0 Å². The normalized spacial score (nSPS) is 23.2. The van der Waals surface area contributed by atoms with Gasteiger partial charge in [-0.15, -0.1) is 0 Å². The number of nitrogens with zero attached hydrogens (tertiary/aromatic N) is 3. The molecule has 1 amide bonds. The topological polar surface area (TPSA) is 52.2 Å². The zero-order valence-corrected chi connectivity index (χ0v) is 15.5. The second kappa shape index (κ2) is 7.62. The number of fused-ring (bicyclic) bond motifs is 4. The molecule has 0 spiro atoms. The molecule has 26 heavy (non-hydrogen) atoms. The second-order valence-corrected chi connectivity index (χ2v) is 7.76. The molecule has 2 bridgehead atoms. The molecule has 3 saturated heterocycles. The predicted octanol–water partition coefficient (Wildman–Crippen LogP) is 3.10. The van der Waals surface area contributed by atoms with E-state index in [9.17, 15) is 4.79 Å². The Labute approximate surface area is 155 Å². The number of benzene rings is 1. The van der Waals surface area contributed by atoms with Gasteiger partial charge in [0.1, 0.15) is 5.69 Å². The highest BCUT2D eigenvalue weighted by molar-refractivity contribution is 5.92. The van der Waals surface area contributed by atoms with Crippen LogP contribution in [0.5, 0.6) is 0 Å². The van der Waals surface area contributed by atoms with Crippen molar-refractivity contribution in [3.05, 3.63) is 53.3 Å². The van der Waals surface area contributed by atoms with Crippen molar-refractivity contribution >= 4 is 5.91 Å². The highest BCUT2D eigenvalue weighted by atomic mass is 16.2. The molecule has 3 aliphatic rings. The van der Waals surface area contributed by atoms with Crippen LogP contribution in [0.25, 0.3) is 0 Å². The Morgan fingerprint density at radius 1 is 1.19 bits per heavy atom. The van der Waals surface area contributed by atoms with Gasteiger partial charge >= 0.3 is 0 Å². The standard InChI is InChI=1S/C21H28N4O/c1-2-6-18-11-20(23-22-18)21(26)25-14-17-9-10-19(25)15-24(13-17)12-16-7-4-3-5-8-16/h3-5,7-8,11,17,19H,2,6,9-10,12-15H2,1H3,(H,22,23)/t17-,19+/m0/s1. The van der Waals surface area contributed by atoms with E-state index < -0.39 is 0 Å². The Morgan fingerprint density at radius 2 is 2.04 bits per heavy atom. The van der Waals surface area contributed by atoms with Crippen LogP contribution in [0.2, 0.25) is 0 Å². The minimum atomic E-state index is 0.0971. The first-order chi connectivity index (χ1) is 12.7. The van der Waals surface area contributed by atoms with Crippen molar-refractivity contribution in [2.24, 2.45) is 5.92 Å². The van der Waals surface area contributed by atoms with Crippen molar-refractivity contribution in [3.63, 3.8) is 0 Å². The highest BCUT2D eigenvalue weighted by Crippen LogP contribution is 2.29. The van der Waals surface area contributed by atoms with E-state index in [1.165, 1.54) is 12.0 Å². The van der Waals surface area contributed by atoms with Gasteiger partial charge in [0, 0.05) is 37.9 Å². The molecule has 1 aromatic carbocycles. The van der Waals surface area contributed by atoms with Crippen LogP contribution in [-0.2, 0) is 13.0 Å². The van der Waals surface area contributed by atoms with Gasteiger partial charge in [0.05, 0.1) is 0 Å². The zero-order chi connectivity index (χ0) is 17.9. The van der Waals surface area contributed by atoms with Gasteiger partial charge < -0.3 is 4.90 Å². The Kier molecular flexibility index (Phi) is 5.07. The molecule has 5 nitrogen and oxygen atoms in total. The number of rotatable bonds is 5. The maximum atomic E-state index is 13.0. The summed E-state index contributed by atoms with van der Waals surface area (Å²) in [4.78, 5) is 17.7. The number of carbonyl (C=O) groups is 1. The van der Waals surface area contributed by atoms with Crippen molar-refractivity contribution in [2.75, 3.05) is 19.6 Å². The van der Waals surface area contributed by atoms with E-state index >= 15 is 0 Å². The molecule has 4 heterocycles. The van der Waals surface area contributed by atoms with Crippen LogP contribution in [0.1, 0.15) is 47.9 Å². The Bertz CT molecular complexity index is 741. The number of aromatic amines is 1. The van der Waals surface area contributed by atoms with Gasteiger partial charge in [-0.2, -0.15) is 5.10 Å². The average molecular weight is 352 g/mol. The summed E-state index contributed by atoms with van der Waals surface area (Å²) in [5.41, 5.74) is 2.99. The maximum absolute atomic E-state index is 13.0. The van der Waals surface area contributed by atoms with Gasteiger partial charge in [0.25, 0.3) is 5.91 Å². The molecule has 5 heteroatoms. The second-order valence-electron chi connectivity index (χ2n) is 7.76. The monoisotopic (exact) mass is 352 g/mol. The van der Waals surface area contributed by atoms with Crippen LogP contribution < -0.4 is 0 Å². The number of hydrogen-bond donors (Lipinski definition) is 1. The lowest BCUT2D eigenvalue weighted by molar-refractivity contribution is 0.0579. The number of piperidine rings is 1. The molecule has 138 valence electrons. The summed E-state index contributed by atoms with van der Waals surface area (Å²) in [6.45, 7) is 6.02. The summed E-state index contributed by atoms with van der Waals surface area (Å²) in [5, 5.41) is 7.30. The lowest BCUT2D eigenvalue weighted by Crippen LogP contribution is -2.47. The molecule has 1 N–H and O–H groups in total. The third-order valence-corrected chi connectivity index (χ3v) is 5.67. The lowest BCUT2D eigenvalue weighted by atomic mass is 9.94. The van der Waals surface area contributed by atoms with E-state index in [2.05, 4.69) is 57.3 Å². The van der Waals surface area contributed by atoms with Crippen LogP contribution in [0.15, 0.2) is 36.4 Å². The van der Waals surface area contributed by atoms with E-state index in [-0.39, 0.29) is 5.91 Å². The summed E-state index contributed by atoms with van der Waals surface area (Å²) in [5.74, 6) is 0.662. The maximum Gasteiger partial charge on any atom is 0.274 e. The first kappa shape index (κ1) is 17.3. The van der Waals surface area contributed by atoms with Crippen molar-refractivity contribution in [2.45, 2.75) is 45.2 Å². The van der Waals surface area contributed by atoms with Gasteiger partial charge in [0.15, 0.2) is 0 Å². The number of aromatic nitrogens is 2.